The summed E-state index contributed by atoms with van der Waals surface area (Å²) < 4.78 is 0. The lowest BCUT2D eigenvalue weighted by atomic mass is 10.0. The van der Waals surface area contributed by atoms with E-state index in [-0.39, 0.29) is 11.8 Å². The summed E-state index contributed by atoms with van der Waals surface area (Å²) in [7, 11) is 1.78. The largest absolute Gasteiger partial charge is 0.340 e. The molecule has 0 fully saturated rings. The molecule has 0 aliphatic carbocycles. The van der Waals surface area contributed by atoms with Gasteiger partial charge in [-0.1, -0.05) is 60.7 Å². The third-order valence-electron chi connectivity index (χ3n) is 4.68. The Balaban J connectivity index is 1.77. The fourth-order valence-electron chi connectivity index (χ4n) is 3.07. The maximum absolute atomic E-state index is 13.2. The van der Waals surface area contributed by atoms with Crippen LogP contribution in [0.4, 0.5) is 0 Å². The molecule has 4 nitrogen and oxygen atoms in total. The number of carbonyl (C=O) groups excluding carboxylic acids is 2. The molecule has 0 aliphatic heterocycles. The number of nitrogens with zero attached hydrogens (tertiary/aromatic N) is 1. The number of benzene rings is 2. The summed E-state index contributed by atoms with van der Waals surface area (Å²) in [4.78, 5) is 28.0. The number of likely N-dealkylation sites (N-methyl/N-ethyl adjacent to an activating group) is 1. The van der Waals surface area contributed by atoms with Crippen LogP contribution in [0.5, 0.6) is 0 Å². The van der Waals surface area contributed by atoms with E-state index in [1.165, 1.54) is 11.3 Å². The van der Waals surface area contributed by atoms with Gasteiger partial charge >= 0.3 is 0 Å². The Labute approximate surface area is 169 Å². The maximum atomic E-state index is 13.2. The molecule has 2 amide bonds. The first-order valence-electron chi connectivity index (χ1n) is 9.22. The van der Waals surface area contributed by atoms with Crippen LogP contribution in [0.25, 0.3) is 0 Å². The molecule has 0 radical (unpaired) electrons. The third-order valence-corrected chi connectivity index (χ3v) is 5.54. The second kappa shape index (κ2) is 9.33. The van der Waals surface area contributed by atoms with Crippen molar-refractivity contribution in [1.82, 2.24) is 10.2 Å². The molecule has 0 bridgehead atoms. The van der Waals surface area contributed by atoms with E-state index < -0.39 is 6.04 Å². The first kappa shape index (κ1) is 19.8. The summed E-state index contributed by atoms with van der Waals surface area (Å²) in [5.74, 6) is -0.314. The van der Waals surface area contributed by atoms with Crippen molar-refractivity contribution >= 4 is 23.2 Å². The van der Waals surface area contributed by atoms with Crippen LogP contribution in [0.1, 0.15) is 26.4 Å². The number of hydrogen-bond donors (Lipinski definition) is 1. The molecule has 1 heterocycles. The molecule has 5 heteroatoms. The highest BCUT2D eigenvalue weighted by molar-refractivity contribution is 7.12. The van der Waals surface area contributed by atoms with E-state index in [1.54, 1.807) is 18.0 Å². The van der Waals surface area contributed by atoms with Gasteiger partial charge in [-0.25, -0.2) is 0 Å². The number of carbonyl (C=O) groups is 2. The average molecular weight is 393 g/mol. The van der Waals surface area contributed by atoms with E-state index in [9.17, 15) is 9.59 Å². The van der Waals surface area contributed by atoms with Gasteiger partial charge in [0.25, 0.3) is 5.91 Å². The normalized spacial score (nSPS) is 11.6. The molecule has 0 saturated carbocycles. The summed E-state index contributed by atoms with van der Waals surface area (Å²) in [6.07, 6.45) is 0.453. The van der Waals surface area contributed by atoms with E-state index >= 15 is 0 Å². The molecule has 3 aromatic rings. The van der Waals surface area contributed by atoms with Crippen molar-refractivity contribution in [3.8, 4) is 0 Å². The number of hydrogen-bond acceptors (Lipinski definition) is 3. The molecule has 1 N–H and O–H groups in total. The summed E-state index contributed by atoms with van der Waals surface area (Å²) >= 11 is 1.37. The fraction of sp³-hybridized carbons (Fsp3) is 0.217. The zero-order chi connectivity index (χ0) is 19.9. The van der Waals surface area contributed by atoms with Crippen molar-refractivity contribution < 1.29 is 9.59 Å². The first-order valence-corrected chi connectivity index (χ1v) is 10.1. The van der Waals surface area contributed by atoms with Gasteiger partial charge in [-0.15, -0.1) is 11.3 Å². The second-order valence-corrected chi connectivity index (χ2v) is 7.76. The fourth-order valence-corrected chi connectivity index (χ4v) is 3.70. The quantitative estimate of drug-likeness (QED) is 0.659. The summed E-state index contributed by atoms with van der Waals surface area (Å²) in [5, 5.41) is 4.78. The van der Waals surface area contributed by atoms with E-state index in [1.807, 2.05) is 73.0 Å². The lowest BCUT2D eigenvalue weighted by Crippen LogP contribution is -2.48. The van der Waals surface area contributed by atoms with Crippen molar-refractivity contribution in [1.29, 1.82) is 0 Å². The molecule has 2 aromatic carbocycles. The summed E-state index contributed by atoms with van der Waals surface area (Å²) in [6.45, 7) is 2.54. The Kier molecular flexibility index (Phi) is 6.61. The molecule has 0 aliphatic rings. The van der Waals surface area contributed by atoms with E-state index in [0.29, 0.717) is 17.8 Å². The van der Waals surface area contributed by atoms with Crippen LogP contribution < -0.4 is 5.32 Å². The third kappa shape index (κ3) is 5.08. The molecule has 1 atom stereocenters. The van der Waals surface area contributed by atoms with Crippen LogP contribution in [0.15, 0.2) is 72.1 Å². The van der Waals surface area contributed by atoms with E-state index in [4.69, 9.17) is 0 Å². The minimum absolute atomic E-state index is 0.1000. The summed E-state index contributed by atoms with van der Waals surface area (Å²) in [6, 6.07) is 20.8. The van der Waals surface area contributed by atoms with Gasteiger partial charge < -0.3 is 10.2 Å². The van der Waals surface area contributed by atoms with Gasteiger partial charge in [0, 0.05) is 20.0 Å². The van der Waals surface area contributed by atoms with Crippen molar-refractivity contribution in [2.45, 2.75) is 25.9 Å². The van der Waals surface area contributed by atoms with Crippen molar-refractivity contribution in [2.75, 3.05) is 7.05 Å². The number of amides is 2. The smallest absolute Gasteiger partial charge is 0.262 e. The van der Waals surface area contributed by atoms with E-state index in [2.05, 4.69) is 5.32 Å². The van der Waals surface area contributed by atoms with Gasteiger partial charge in [0.15, 0.2) is 0 Å². The first-order chi connectivity index (χ1) is 13.5. The SMILES string of the molecule is Cc1ccccc1CN(C)C(=O)C(Cc1ccccc1)NC(=O)c1cccs1. The highest BCUT2D eigenvalue weighted by atomic mass is 32.1. The lowest BCUT2D eigenvalue weighted by molar-refractivity contribution is -0.132. The van der Waals surface area contributed by atoms with Gasteiger partial charge in [0.05, 0.1) is 4.88 Å². The lowest BCUT2D eigenvalue weighted by Gasteiger charge is -2.25. The van der Waals surface area contributed by atoms with Gasteiger partial charge in [-0.3, -0.25) is 9.59 Å². The highest BCUT2D eigenvalue weighted by Gasteiger charge is 2.25. The van der Waals surface area contributed by atoms with Crippen LogP contribution in [0, 0.1) is 6.92 Å². The van der Waals surface area contributed by atoms with Gasteiger partial charge in [0.1, 0.15) is 6.04 Å². The molecule has 3 rings (SSSR count). The number of aryl methyl sites for hydroxylation is 1. The Morgan fingerprint density at radius 1 is 1.00 bits per heavy atom. The average Bonchev–Trinajstić information content (AvgIpc) is 3.24. The van der Waals surface area contributed by atoms with E-state index in [0.717, 1.165) is 16.7 Å². The number of rotatable bonds is 7. The standard InChI is InChI=1S/C23H24N2O2S/c1-17-9-6-7-12-19(17)16-25(2)23(27)20(15-18-10-4-3-5-11-18)24-22(26)21-13-8-14-28-21/h3-14,20H,15-16H2,1-2H3,(H,24,26). The molecule has 0 saturated heterocycles. The predicted octanol–water partition coefficient (Wildman–Crippen LogP) is 4.06. The van der Waals surface area contributed by atoms with Gasteiger partial charge in [-0.05, 0) is 35.1 Å². The monoisotopic (exact) mass is 392 g/mol. The second-order valence-electron chi connectivity index (χ2n) is 6.81. The topological polar surface area (TPSA) is 49.4 Å². The van der Waals surface area contributed by atoms with Crippen molar-refractivity contribution in [3.63, 3.8) is 0 Å². The Bertz CT molecular complexity index is 923. The van der Waals surface area contributed by atoms with Crippen LogP contribution >= 0.6 is 11.3 Å². The van der Waals surface area contributed by atoms with Crippen molar-refractivity contribution in [3.05, 3.63) is 93.7 Å². The van der Waals surface area contributed by atoms with Crippen LogP contribution in [0.3, 0.4) is 0 Å². The maximum Gasteiger partial charge on any atom is 0.262 e. The zero-order valence-corrected chi connectivity index (χ0v) is 16.9. The molecule has 0 spiro atoms. The Hall–Kier alpha value is -2.92. The zero-order valence-electron chi connectivity index (χ0n) is 16.1. The molecular weight excluding hydrogens is 368 g/mol. The minimum atomic E-state index is -0.619. The number of nitrogens with one attached hydrogen (secondary N) is 1. The molecule has 1 aromatic heterocycles. The van der Waals surface area contributed by atoms with Crippen LogP contribution in [-0.4, -0.2) is 29.8 Å². The molecule has 1 unspecified atom stereocenters. The van der Waals surface area contributed by atoms with Crippen LogP contribution in [0.2, 0.25) is 0 Å². The van der Waals surface area contributed by atoms with Crippen LogP contribution in [-0.2, 0) is 17.8 Å². The van der Waals surface area contributed by atoms with Gasteiger partial charge in [-0.2, -0.15) is 0 Å². The minimum Gasteiger partial charge on any atom is -0.340 e. The Morgan fingerprint density at radius 2 is 1.71 bits per heavy atom. The molecule has 144 valence electrons. The Morgan fingerprint density at radius 3 is 2.39 bits per heavy atom. The molecular formula is C23H24N2O2S. The van der Waals surface area contributed by atoms with Crippen molar-refractivity contribution in [2.24, 2.45) is 0 Å². The molecule has 28 heavy (non-hydrogen) atoms. The van der Waals surface area contributed by atoms with Gasteiger partial charge in [0.2, 0.25) is 5.91 Å². The number of thiophene rings is 1. The summed E-state index contributed by atoms with van der Waals surface area (Å²) in [5.41, 5.74) is 3.25. The highest BCUT2D eigenvalue weighted by Crippen LogP contribution is 2.14. The predicted molar refractivity (Wildman–Crippen MR) is 113 cm³/mol.